The summed E-state index contributed by atoms with van der Waals surface area (Å²) in [4.78, 5) is 2.44. The second-order valence-electron chi connectivity index (χ2n) is 3.90. The highest BCUT2D eigenvalue weighted by Gasteiger charge is 2.14. The third kappa shape index (κ3) is 1.82. The molecular weight excluding hydrogens is 174 g/mol. The predicted octanol–water partition coefficient (Wildman–Crippen LogP) is -0.0394. The molecule has 76 valence electrons. The molecule has 4 N–H and O–H groups in total. The van der Waals surface area contributed by atoms with E-state index in [1.54, 1.807) is 0 Å². The Morgan fingerprint density at radius 1 is 1.29 bits per heavy atom. The van der Waals surface area contributed by atoms with E-state index in [2.05, 4.69) is 23.2 Å². The molecule has 1 heterocycles. The SMILES string of the molecule is Cc1cc(N)ccc1N1CC[NH2+]CC1. The first-order valence-electron chi connectivity index (χ1n) is 5.20. The topological polar surface area (TPSA) is 45.9 Å². The summed E-state index contributed by atoms with van der Waals surface area (Å²) in [5.74, 6) is 0. The maximum atomic E-state index is 5.73. The predicted molar refractivity (Wildman–Crippen MR) is 59.5 cm³/mol. The Morgan fingerprint density at radius 2 is 2.00 bits per heavy atom. The number of hydrogen-bond acceptors (Lipinski definition) is 2. The molecule has 0 aliphatic carbocycles. The van der Waals surface area contributed by atoms with Gasteiger partial charge in [0, 0.05) is 11.4 Å². The van der Waals surface area contributed by atoms with Gasteiger partial charge in [-0.05, 0) is 30.7 Å². The fourth-order valence-electron chi connectivity index (χ4n) is 2.02. The Kier molecular flexibility index (Phi) is 2.59. The number of nitrogens with zero attached hydrogens (tertiary/aromatic N) is 1. The van der Waals surface area contributed by atoms with Gasteiger partial charge in [0.1, 0.15) is 0 Å². The van der Waals surface area contributed by atoms with Crippen LogP contribution in [0.5, 0.6) is 0 Å². The molecule has 1 aliphatic heterocycles. The van der Waals surface area contributed by atoms with Crippen LogP contribution in [-0.4, -0.2) is 26.2 Å². The van der Waals surface area contributed by atoms with Crippen LogP contribution >= 0.6 is 0 Å². The lowest BCUT2D eigenvalue weighted by atomic mass is 10.1. The van der Waals surface area contributed by atoms with Crippen molar-refractivity contribution in [1.29, 1.82) is 0 Å². The van der Waals surface area contributed by atoms with Gasteiger partial charge in [-0.1, -0.05) is 0 Å². The van der Waals surface area contributed by atoms with Crippen LogP contribution in [0.3, 0.4) is 0 Å². The van der Waals surface area contributed by atoms with E-state index < -0.39 is 0 Å². The van der Waals surface area contributed by atoms with E-state index in [0.29, 0.717) is 0 Å². The molecule has 14 heavy (non-hydrogen) atoms. The molecule has 1 saturated heterocycles. The molecule has 2 rings (SSSR count). The summed E-state index contributed by atoms with van der Waals surface area (Å²) < 4.78 is 0. The summed E-state index contributed by atoms with van der Waals surface area (Å²) in [5.41, 5.74) is 9.21. The molecule has 0 aromatic heterocycles. The first-order valence-corrected chi connectivity index (χ1v) is 5.20. The van der Waals surface area contributed by atoms with E-state index in [-0.39, 0.29) is 0 Å². The molecular formula is C11H18N3+. The van der Waals surface area contributed by atoms with Gasteiger partial charge in [0.25, 0.3) is 0 Å². The van der Waals surface area contributed by atoms with Crippen molar-refractivity contribution in [2.24, 2.45) is 0 Å². The minimum Gasteiger partial charge on any atom is -0.399 e. The van der Waals surface area contributed by atoms with Gasteiger partial charge in [-0.25, -0.2) is 0 Å². The second kappa shape index (κ2) is 3.88. The molecule has 0 unspecified atom stereocenters. The number of nitrogen functional groups attached to an aromatic ring is 1. The van der Waals surface area contributed by atoms with Gasteiger partial charge in [0.15, 0.2) is 0 Å². The highest BCUT2D eigenvalue weighted by atomic mass is 15.2. The number of piperazine rings is 1. The molecule has 0 atom stereocenters. The molecule has 3 nitrogen and oxygen atoms in total. The summed E-state index contributed by atoms with van der Waals surface area (Å²) in [6.45, 7) is 6.81. The first-order chi connectivity index (χ1) is 6.77. The Balaban J connectivity index is 2.22. The second-order valence-corrected chi connectivity index (χ2v) is 3.90. The monoisotopic (exact) mass is 192 g/mol. The van der Waals surface area contributed by atoms with Crippen molar-refractivity contribution in [3.05, 3.63) is 23.8 Å². The first kappa shape index (κ1) is 9.34. The van der Waals surface area contributed by atoms with E-state index in [1.807, 2.05) is 12.1 Å². The molecule has 1 aliphatic rings. The van der Waals surface area contributed by atoms with Crippen molar-refractivity contribution >= 4 is 11.4 Å². The summed E-state index contributed by atoms with van der Waals surface area (Å²) >= 11 is 0. The lowest BCUT2D eigenvalue weighted by Gasteiger charge is -2.28. The average Bonchev–Trinajstić information content (AvgIpc) is 2.19. The number of quaternary nitrogens is 1. The van der Waals surface area contributed by atoms with E-state index in [1.165, 1.54) is 24.3 Å². The van der Waals surface area contributed by atoms with Crippen molar-refractivity contribution < 1.29 is 5.32 Å². The standard InChI is InChI=1S/C11H17N3/c1-9-8-10(12)2-3-11(9)14-6-4-13-5-7-14/h2-3,8,13H,4-7,12H2,1H3/p+1. The number of rotatable bonds is 1. The molecule has 0 spiro atoms. The van der Waals surface area contributed by atoms with Gasteiger partial charge in [-0.2, -0.15) is 0 Å². The summed E-state index contributed by atoms with van der Waals surface area (Å²) in [7, 11) is 0. The fourth-order valence-corrected chi connectivity index (χ4v) is 2.02. The quantitative estimate of drug-likeness (QED) is 0.613. The van der Waals surface area contributed by atoms with E-state index in [0.717, 1.165) is 18.8 Å². The minimum absolute atomic E-state index is 0.856. The van der Waals surface area contributed by atoms with Crippen molar-refractivity contribution in [1.82, 2.24) is 0 Å². The van der Waals surface area contributed by atoms with Crippen molar-refractivity contribution in [2.75, 3.05) is 36.8 Å². The average molecular weight is 192 g/mol. The highest BCUT2D eigenvalue weighted by Crippen LogP contribution is 2.21. The van der Waals surface area contributed by atoms with Crippen LogP contribution in [0.1, 0.15) is 5.56 Å². The van der Waals surface area contributed by atoms with Gasteiger partial charge in [-0.15, -0.1) is 0 Å². The summed E-state index contributed by atoms with van der Waals surface area (Å²) in [6.07, 6.45) is 0. The number of anilines is 2. The number of hydrogen-bond donors (Lipinski definition) is 2. The Morgan fingerprint density at radius 3 is 2.64 bits per heavy atom. The van der Waals surface area contributed by atoms with Crippen LogP contribution in [0.15, 0.2) is 18.2 Å². The Hall–Kier alpha value is -1.22. The lowest BCUT2D eigenvalue weighted by molar-refractivity contribution is -0.655. The zero-order valence-electron chi connectivity index (χ0n) is 8.66. The number of aryl methyl sites for hydroxylation is 1. The highest BCUT2D eigenvalue weighted by molar-refractivity contribution is 5.59. The molecule has 0 bridgehead atoms. The molecule has 0 saturated carbocycles. The van der Waals surface area contributed by atoms with Gasteiger partial charge in [0.2, 0.25) is 0 Å². The molecule has 1 fully saturated rings. The molecule has 1 aromatic carbocycles. The molecule has 0 amide bonds. The summed E-state index contributed by atoms with van der Waals surface area (Å²) in [6, 6.07) is 6.17. The van der Waals surface area contributed by atoms with Crippen LogP contribution < -0.4 is 16.0 Å². The zero-order chi connectivity index (χ0) is 9.97. The normalized spacial score (nSPS) is 17.1. The van der Waals surface area contributed by atoms with Gasteiger partial charge in [0.05, 0.1) is 26.2 Å². The van der Waals surface area contributed by atoms with Crippen molar-refractivity contribution in [3.8, 4) is 0 Å². The lowest BCUT2D eigenvalue weighted by Crippen LogP contribution is -2.89. The molecule has 3 heteroatoms. The van der Waals surface area contributed by atoms with Crippen molar-refractivity contribution in [3.63, 3.8) is 0 Å². The van der Waals surface area contributed by atoms with Crippen LogP contribution in [0.25, 0.3) is 0 Å². The maximum Gasteiger partial charge on any atom is 0.0934 e. The minimum atomic E-state index is 0.856. The third-order valence-electron chi connectivity index (χ3n) is 2.77. The van der Waals surface area contributed by atoms with Gasteiger partial charge >= 0.3 is 0 Å². The van der Waals surface area contributed by atoms with E-state index >= 15 is 0 Å². The number of nitrogens with two attached hydrogens (primary N) is 2. The van der Waals surface area contributed by atoms with Gasteiger partial charge in [-0.3, -0.25) is 0 Å². The zero-order valence-corrected chi connectivity index (χ0v) is 8.66. The van der Waals surface area contributed by atoms with E-state index in [9.17, 15) is 0 Å². The van der Waals surface area contributed by atoms with E-state index in [4.69, 9.17) is 5.73 Å². The number of benzene rings is 1. The van der Waals surface area contributed by atoms with Gasteiger partial charge < -0.3 is 16.0 Å². The largest absolute Gasteiger partial charge is 0.399 e. The molecule has 0 radical (unpaired) electrons. The van der Waals surface area contributed by atoms with Crippen LogP contribution in [0, 0.1) is 6.92 Å². The third-order valence-corrected chi connectivity index (χ3v) is 2.77. The summed E-state index contributed by atoms with van der Waals surface area (Å²) in [5, 5.41) is 2.36. The van der Waals surface area contributed by atoms with Crippen LogP contribution in [0.4, 0.5) is 11.4 Å². The maximum absolute atomic E-state index is 5.73. The fraction of sp³-hybridized carbons (Fsp3) is 0.455. The Bertz CT molecular complexity index is 316. The van der Waals surface area contributed by atoms with Crippen molar-refractivity contribution in [2.45, 2.75) is 6.92 Å². The van der Waals surface area contributed by atoms with Crippen LogP contribution in [-0.2, 0) is 0 Å². The Labute approximate surface area is 84.9 Å². The smallest absolute Gasteiger partial charge is 0.0934 e. The molecule has 1 aromatic rings. The van der Waals surface area contributed by atoms with Crippen LogP contribution in [0.2, 0.25) is 0 Å².